The van der Waals surface area contributed by atoms with E-state index < -0.39 is 0 Å². The predicted molar refractivity (Wildman–Crippen MR) is 92.8 cm³/mol. The lowest BCUT2D eigenvalue weighted by atomic mass is 9.72. The zero-order valence-electron chi connectivity index (χ0n) is 14.8. The van der Waals surface area contributed by atoms with Gasteiger partial charge < -0.3 is 10.2 Å². The van der Waals surface area contributed by atoms with Gasteiger partial charge in [-0.3, -0.25) is 0 Å². The van der Waals surface area contributed by atoms with E-state index in [9.17, 15) is 0 Å². The second-order valence-corrected chi connectivity index (χ2v) is 8.18. The maximum absolute atomic E-state index is 3.74. The molecule has 0 spiro atoms. The summed E-state index contributed by atoms with van der Waals surface area (Å²) in [6, 6.07) is 0. The van der Waals surface area contributed by atoms with Crippen LogP contribution in [0, 0.1) is 10.8 Å². The molecular formula is C19H38N2. The maximum atomic E-state index is 3.74. The highest BCUT2D eigenvalue weighted by molar-refractivity contribution is 4.90. The third-order valence-corrected chi connectivity index (χ3v) is 6.32. The van der Waals surface area contributed by atoms with Crippen LogP contribution in [0.1, 0.15) is 78.6 Å². The van der Waals surface area contributed by atoms with Crippen molar-refractivity contribution in [1.82, 2.24) is 10.2 Å². The van der Waals surface area contributed by atoms with Gasteiger partial charge in [0.2, 0.25) is 0 Å². The molecular weight excluding hydrogens is 256 g/mol. The standard InChI is InChI=1S/C19H38N2/c1-4-13-20-16-19(9-7-6-8-10-19)17-21-14-11-18(3,5-2)12-15-21/h20H,4-17H2,1-3H3. The summed E-state index contributed by atoms with van der Waals surface area (Å²) < 4.78 is 0. The monoisotopic (exact) mass is 294 g/mol. The van der Waals surface area contributed by atoms with Crippen molar-refractivity contribution in [3.63, 3.8) is 0 Å². The van der Waals surface area contributed by atoms with Crippen molar-refractivity contribution in [3.05, 3.63) is 0 Å². The molecule has 0 radical (unpaired) electrons. The molecule has 0 amide bonds. The summed E-state index contributed by atoms with van der Waals surface area (Å²) in [5.41, 5.74) is 1.20. The highest BCUT2D eigenvalue weighted by Gasteiger charge is 2.36. The summed E-state index contributed by atoms with van der Waals surface area (Å²) in [7, 11) is 0. The van der Waals surface area contributed by atoms with Gasteiger partial charge in [-0.25, -0.2) is 0 Å². The lowest BCUT2D eigenvalue weighted by Crippen LogP contribution is -2.48. The van der Waals surface area contributed by atoms with Crippen molar-refractivity contribution in [2.45, 2.75) is 78.6 Å². The van der Waals surface area contributed by atoms with Crippen LogP contribution in [0.4, 0.5) is 0 Å². The van der Waals surface area contributed by atoms with Gasteiger partial charge in [-0.05, 0) is 62.6 Å². The van der Waals surface area contributed by atoms with Crippen LogP contribution in [0.15, 0.2) is 0 Å². The molecule has 1 aliphatic heterocycles. The highest BCUT2D eigenvalue weighted by atomic mass is 15.1. The van der Waals surface area contributed by atoms with Gasteiger partial charge in [-0.2, -0.15) is 0 Å². The Morgan fingerprint density at radius 2 is 1.62 bits per heavy atom. The quantitative estimate of drug-likeness (QED) is 0.698. The molecule has 1 saturated heterocycles. The second kappa shape index (κ2) is 7.97. The van der Waals surface area contributed by atoms with Gasteiger partial charge in [0.25, 0.3) is 0 Å². The summed E-state index contributed by atoms with van der Waals surface area (Å²) in [6.45, 7) is 13.6. The van der Waals surface area contributed by atoms with Gasteiger partial charge in [0, 0.05) is 13.1 Å². The summed E-state index contributed by atoms with van der Waals surface area (Å²) in [5.74, 6) is 0. The molecule has 2 rings (SSSR count). The largest absolute Gasteiger partial charge is 0.316 e. The van der Waals surface area contributed by atoms with E-state index in [-0.39, 0.29) is 0 Å². The zero-order valence-corrected chi connectivity index (χ0v) is 14.8. The highest BCUT2D eigenvalue weighted by Crippen LogP contribution is 2.39. The van der Waals surface area contributed by atoms with E-state index in [2.05, 4.69) is 31.0 Å². The van der Waals surface area contributed by atoms with E-state index in [0.717, 1.165) is 0 Å². The fourth-order valence-electron chi connectivity index (χ4n) is 4.30. The average Bonchev–Trinajstić information content (AvgIpc) is 2.51. The van der Waals surface area contributed by atoms with Gasteiger partial charge in [0.1, 0.15) is 0 Å². The molecule has 0 aromatic rings. The lowest BCUT2D eigenvalue weighted by molar-refractivity contribution is 0.0525. The Kier molecular flexibility index (Phi) is 6.55. The Labute approximate surface area is 133 Å². The fraction of sp³-hybridized carbons (Fsp3) is 1.00. The van der Waals surface area contributed by atoms with Crippen LogP contribution in [0.25, 0.3) is 0 Å². The van der Waals surface area contributed by atoms with Crippen LogP contribution in [-0.4, -0.2) is 37.6 Å². The maximum Gasteiger partial charge on any atom is 0.00501 e. The van der Waals surface area contributed by atoms with Crippen LogP contribution in [0.3, 0.4) is 0 Å². The van der Waals surface area contributed by atoms with Crippen LogP contribution >= 0.6 is 0 Å². The van der Waals surface area contributed by atoms with E-state index in [1.165, 1.54) is 90.5 Å². The second-order valence-electron chi connectivity index (χ2n) is 8.18. The molecule has 1 heterocycles. The van der Waals surface area contributed by atoms with Crippen LogP contribution < -0.4 is 5.32 Å². The first kappa shape index (κ1) is 17.3. The first-order chi connectivity index (χ1) is 10.1. The number of piperidine rings is 1. The van der Waals surface area contributed by atoms with E-state index in [1.54, 1.807) is 0 Å². The minimum absolute atomic E-state index is 0.577. The molecule has 1 aliphatic carbocycles. The molecule has 2 fully saturated rings. The third-order valence-electron chi connectivity index (χ3n) is 6.32. The summed E-state index contributed by atoms with van der Waals surface area (Å²) in [4.78, 5) is 2.79. The minimum atomic E-state index is 0.577. The summed E-state index contributed by atoms with van der Waals surface area (Å²) >= 11 is 0. The number of nitrogens with zero attached hydrogens (tertiary/aromatic N) is 1. The Bertz CT molecular complexity index is 286. The summed E-state index contributed by atoms with van der Waals surface area (Å²) in [5, 5.41) is 3.74. The molecule has 2 nitrogen and oxygen atoms in total. The van der Waals surface area contributed by atoms with Crippen molar-refractivity contribution in [2.24, 2.45) is 10.8 Å². The van der Waals surface area contributed by atoms with E-state index in [0.29, 0.717) is 10.8 Å². The van der Waals surface area contributed by atoms with E-state index >= 15 is 0 Å². The molecule has 21 heavy (non-hydrogen) atoms. The van der Waals surface area contributed by atoms with E-state index in [4.69, 9.17) is 0 Å². The fourth-order valence-corrected chi connectivity index (χ4v) is 4.30. The number of hydrogen-bond acceptors (Lipinski definition) is 2. The van der Waals surface area contributed by atoms with Crippen LogP contribution in [-0.2, 0) is 0 Å². The zero-order chi connectivity index (χ0) is 15.2. The molecule has 1 N–H and O–H groups in total. The Morgan fingerprint density at radius 1 is 0.952 bits per heavy atom. The lowest BCUT2D eigenvalue weighted by Gasteiger charge is -2.45. The van der Waals surface area contributed by atoms with Gasteiger partial charge in [-0.1, -0.05) is 46.5 Å². The molecule has 0 bridgehead atoms. The Morgan fingerprint density at radius 3 is 2.19 bits per heavy atom. The van der Waals surface area contributed by atoms with Crippen molar-refractivity contribution < 1.29 is 0 Å². The molecule has 2 heteroatoms. The van der Waals surface area contributed by atoms with Crippen molar-refractivity contribution >= 4 is 0 Å². The molecule has 0 atom stereocenters. The third kappa shape index (κ3) is 4.96. The van der Waals surface area contributed by atoms with Gasteiger partial charge in [0.05, 0.1) is 0 Å². The normalized spacial score (nSPS) is 25.9. The summed E-state index contributed by atoms with van der Waals surface area (Å²) in [6.07, 6.45) is 12.7. The van der Waals surface area contributed by atoms with Gasteiger partial charge in [-0.15, -0.1) is 0 Å². The predicted octanol–water partition coefficient (Wildman–Crippen LogP) is 4.45. The number of nitrogens with one attached hydrogen (secondary N) is 1. The van der Waals surface area contributed by atoms with Crippen LogP contribution in [0.2, 0.25) is 0 Å². The van der Waals surface area contributed by atoms with Crippen molar-refractivity contribution in [3.8, 4) is 0 Å². The SMILES string of the molecule is CCCNCC1(CN2CCC(C)(CC)CC2)CCCCC1. The van der Waals surface area contributed by atoms with E-state index in [1.807, 2.05) is 0 Å². The Balaban J connectivity index is 1.87. The van der Waals surface area contributed by atoms with Crippen LogP contribution in [0.5, 0.6) is 0 Å². The molecule has 1 saturated carbocycles. The molecule has 124 valence electrons. The van der Waals surface area contributed by atoms with Crippen molar-refractivity contribution in [1.29, 1.82) is 0 Å². The molecule has 0 unspecified atom stereocenters. The molecule has 0 aromatic carbocycles. The first-order valence-electron chi connectivity index (χ1n) is 9.54. The number of hydrogen-bond donors (Lipinski definition) is 1. The van der Waals surface area contributed by atoms with Gasteiger partial charge >= 0.3 is 0 Å². The molecule has 0 aromatic heterocycles. The topological polar surface area (TPSA) is 15.3 Å². The first-order valence-corrected chi connectivity index (χ1v) is 9.54. The average molecular weight is 295 g/mol. The van der Waals surface area contributed by atoms with Gasteiger partial charge in [0.15, 0.2) is 0 Å². The number of rotatable bonds is 7. The molecule has 2 aliphatic rings. The smallest absolute Gasteiger partial charge is 0.00501 e. The minimum Gasteiger partial charge on any atom is -0.316 e. The Hall–Kier alpha value is -0.0800. The number of likely N-dealkylation sites (tertiary alicyclic amines) is 1. The van der Waals surface area contributed by atoms with Crippen molar-refractivity contribution in [2.75, 3.05) is 32.7 Å².